The van der Waals surface area contributed by atoms with Crippen molar-refractivity contribution in [3.05, 3.63) is 95.6 Å². The normalized spacial score (nSPS) is 14.5. The van der Waals surface area contributed by atoms with E-state index in [1.165, 1.54) is 62.4 Å². The zero-order valence-corrected chi connectivity index (χ0v) is 51.8. The molecule has 3 rings (SSSR count). The van der Waals surface area contributed by atoms with Crippen LogP contribution in [-0.4, -0.2) is 185 Å². The minimum atomic E-state index is -2.12. The fraction of sp³-hybridized carbons (Fsp3) is 0.459. The van der Waals surface area contributed by atoms with E-state index in [1.807, 2.05) is 0 Å². The Morgan fingerprint density at radius 2 is 0.702 bits per heavy atom. The van der Waals surface area contributed by atoms with Gasteiger partial charge in [-0.2, -0.15) is 0 Å². The first-order valence-electron chi connectivity index (χ1n) is 29.6. The van der Waals surface area contributed by atoms with Crippen LogP contribution in [0, 0.1) is 11.8 Å². The van der Waals surface area contributed by atoms with Gasteiger partial charge in [-0.1, -0.05) is 88.7 Å². The minimum absolute atomic E-state index is 0.0961. The predicted octanol–water partition coefficient (Wildman–Crippen LogP) is -2.45. The quantitative estimate of drug-likeness (QED) is 0.0280. The van der Waals surface area contributed by atoms with Gasteiger partial charge in [-0.25, -0.2) is 4.79 Å². The van der Waals surface area contributed by atoms with E-state index in [1.54, 1.807) is 44.2 Å². The third kappa shape index (κ3) is 27.4. The van der Waals surface area contributed by atoms with Gasteiger partial charge in [0.25, 0.3) is 0 Å². The number of phenols is 2. The van der Waals surface area contributed by atoms with Crippen molar-refractivity contribution in [2.24, 2.45) is 23.3 Å². The fourth-order valence-electron chi connectivity index (χ4n) is 9.07. The van der Waals surface area contributed by atoms with Crippen molar-refractivity contribution in [1.82, 2.24) is 47.9 Å². The number of hydrogen-bond acceptors (Lipinski definition) is 18. The first kappa shape index (κ1) is 77.5. The van der Waals surface area contributed by atoms with Crippen LogP contribution < -0.4 is 59.3 Å². The summed E-state index contributed by atoms with van der Waals surface area (Å²) >= 11 is 0. The summed E-state index contributed by atoms with van der Waals surface area (Å²) in [7, 11) is 0. The second-order valence-electron chi connectivity index (χ2n) is 22.5. The van der Waals surface area contributed by atoms with Gasteiger partial charge in [-0.15, -0.1) is 0 Å². The van der Waals surface area contributed by atoms with Crippen LogP contribution >= 0.6 is 0 Å². The van der Waals surface area contributed by atoms with E-state index < -0.39 is 219 Å². The standard InChI is InChI=1S/C61H81N11O22/c1-5-31(4)50(63)59(91)66-39(21-24-48(80)81)53(85)64-37(19-22-46(76)77)52(84)65-38(20-23-47(78)79)54(86)69-42(28-45(62)75)56(88)67-40(26-33-11-15-35(73)16-12-33)55(87)70-43(29-49(82)83)57(89)68-41(25-32-9-7-6-8-10-32)58(90)72-51(30(2)3)60(92)71-44(61(93)94)27-34-13-17-36(74)18-14-34/h6-18,30-31,37-44,50-51,73-74H,5,19-29,63H2,1-4H3,(H2,62,75)(H,64,85)(H,65,84)(H,66,91)(H,67,88)(H,68,89)(H,69,86)(H,70,87)(H,71,92)(H,72,90)(H,76,77)(H,78,79)(H,80,81)(H,82,83)(H,93,94)/t31-,37-,38-,39-,40-,41-,42-,43-,44-,50-,51-/m0/s1. The molecule has 0 fully saturated rings. The molecule has 0 aromatic heterocycles. The molecule has 0 saturated heterocycles. The van der Waals surface area contributed by atoms with Gasteiger partial charge in [0.15, 0.2) is 0 Å². The highest BCUT2D eigenvalue weighted by atomic mass is 16.4. The molecule has 0 heterocycles. The number of carboxylic acid groups (broad SMARTS) is 5. The topological polar surface area (TPSA) is 558 Å². The first-order valence-corrected chi connectivity index (χ1v) is 29.6. The number of primary amides is 1. The maximum Gasteiger partial charge on any atom is 0.326 e. The average molecular weight is 1320 g/mol. The van der Waals surface area contributed by atoms with Gasteiger partial charge in [0.05, 0.1) is 18.9 Å². The number of rotatable bonds is 41. The summed E-state index contributed by atoms with van der Waals surface area (Å²) in [6.07, 6.45) is -7.44. The van der Waals surface area contributed by atoms with E-state index in [9.17, 15) is 108 Å². The summed E-state index contributed by atoms with van der Waals surface area (Å²) in [5.41, 5.74) is 12.5. The number of carbonyl (C=O) groups excluding carboxylic acids is 10. The molecule has 0 aliphatic rings. The van der Waals surface area contributed by atoms with E-state index in [0.29, 0.717) is 17.5 Å². The summed E-state index contributed by atoms with van der Waals surface area (Å²) < 4.78 is 0. The Bertz CT molecular complexity index is 3190. The summed E-state index contributed by atoms with van der Waals surface area (Å²) in [4.78, 5) is 199. The Kier molecular flexibility index (Phi) is 31.5. The number of nitrogens with two attached hydrogens (primary N) is 2. The molecule has 33 nitrogen and oxygen atoms in total. The molecule has 94 heavy (non-hydrogen) atoms. The van der Waals surface area contributed by atoms with E-state index in [-0.39, 0.29) is 29.9 Å². The van der Waals surface area contributed by atoms with Crippen LogP contribution in [0.3, 0.4) is 0 Å². The van der Waals surface area contributed by atoms with Crippen molar-refractivity contribution in [3.8, 4) is 11.5 Å². The molecule has 3 aromatic carbocycles. The van der Waals surface area contributed by atoms with E-state index >= 15 is 0 Å². The van der Waals surface area contributed by atoms with Crippen LogP contribution in [-0.2, 0) is 91.2 Å². The van der Waals surface area contributed by atoms with Gasteiger partial charge in [0.1, 0.15) is 65.9 Å². The molecule has 3 aromatic rings. The Morgan fingerprint density at radius 3 is 1.06 bits per heavy atom. The molecule has 0 radical (unpaired) electrons. The van der Waals surface area contributed by atoms with Gasteiger partial charge in [-0.05, 0) is 72.1 Å². The van der Waals surface area contributed by atoms with Crippen LogP contribution in [0.15, 0.2) is 78.9 Å². The second kappa shape index (κ2) is 38.2. The molecule has 512 valence electrons. The van der Waals surface area contributed by atoms with Crippen molar-refractivity contribution in [2.45, 2.75) is 165 Å². The average Bonchev–Trinajstić information content (AvgIpc) is 0.894. The zero-order valence-electron chi connectivity index (χ0n) is 51.8. The molecule has 0 spiro atoms. The van der Waals surface area contributed by atoms with Crippen molar-refractivity contribution in [1.29, 1.82) is 0 Å². The van der Waals surface area contributed by atoms with Crippen molar-refractivity contribution in [2.75, 3.05) is 0 Å². The number of aromatic hydroxyl groups is 2. The molecule has 11 atom stereocenters. The highest BCUT2D eigenvalue weighted by molar-refractivity contribution is 6.00. The molecule has 10 amide bonds. The summed E-state index contributed by atoms with van der Waals surface area (Å²) in [5, 5.41) is 89.0. The first-order chi connectivity index (χ1) is 44.2. The second-order valence-corrected chi connectivity index (χ2v) is 22.5. The molecule has 0 saturated carbocycles. The summed E-state index contributed by atoms with van der Waals surface area (Å²) in [6, 6.07) is 0.879. The van der Waals surface area contributed by atoms with Crippen LogP contribution in [0.4, 0.5) is 0 Å². The smallest absolute Gasteiger partial charge is 0.326 e. The summed E-state index contributed by atoms with van der Waals surface area (Å²) in [6.45, 7) is 6.41. The zero-order chi connectivity index (χ0) is 70.5. The number of aliphatic carboxylic acids is 5. The Hall–Kier alpha value is -10.7. The molecule has 20 N–H and O–H groups in total. The van der Waals surface area contributed by atoms with E-state index in [4.69, 9.17) is 11.5 Å². The number of benzene rings is 3. The number of carbonyl (C=O) groups is 15. The molecular formula is C61H81N11O22. The molecule has 0 bridgehead atoms. The van der Waals surface area contributed by atoms with Crippen LogP contribution in [0.5, 0.6) is 11.5 Å². The number of amides is 10. The lowest BCUT2D eigenvalue weighted by Crippen LogP contribution is -2.61. The van der Waals surface area contributed by atoms with Crippen molar-refractivity contribution < 1.29 is 108 Å². The largest absolute Gasteiger partial charge is 0.508 e. The molecule has 0 unspecified atom stereocenters. The lowest BCUT2D eigenvalue weighted by Gasteiger charge is -2.28. The molecule has 0 aliphatic heterocycles. The lowest BCUT2D eigenvalue weighted by molar-refractivity contribution is -0.142. The Balaban J connectivity index is 2.01. The van der Waals surface area contributed by atoms with Gasteiger partial charge in [-0.3, -0.25) is 67.1 Å². The van der Waals surface area contributed by atoms with E-state index in [0.717, 1.165) is 0 Å². The summed E-state index contributed by atoms with van der Waals surface area (Å²) in [5.74, 6) is -21.2. The number of carboxylic acids is 5. The Morgan fingerprint density at radius 1 is 0.383 bits per heavy atom. The van der Waals surface area contributed by atoms with Crippen LogP contribution in [0.25, 0.3) is 0 Å². The van der Waals surface area contributed by atoms with Gasteiger partial charge in [0, 0.05) is 38.5 Å². The molecular weight excluding hydrogens is 1240 g/mol. The fourth-order valence-corrected chi connectivity index (χ4v) is 9.07. The van der Waals surface area contributed by atoms with Crippen LogP contribution in [0.1, 0.15) is 102 Å². The third-order valence-electron chi connectivity index (χ3n) is 14.6. The maximum atomic E-state index is 14.5. The lowest BCUT2D eigenvalue weighted by atomic mass is 9.98. The third-order valence-corrected chi connectivity index (χ3v) is 14.6. The van der Waals surface area contributed by atoms with Crippen LogP contribution in [0.2, 0.25) is 0 Å². The van der Waals surface area contributed by atoms with Crippen molar-refractivity contribution in [3.63, 3.8) is 0 Å². The molecule has 0 aliphatic carbocycles. The Labute approximate surface area is 538 Å². The number of hydrogen-bond donors (Lipinski definition) is 18. The van der Waals surface area contributed by atoms with E-state index in [2.05, 4.69) is 47.9 Å². The van der Waals surface area contributed by atoms with Crippen molar-refractivity contribution >= 4 is 88.9 Å². The van der Waals surface area contributed by atoms with Gasteiger partial charge < -0.3 is 95.1 Å². The maximum absolute atomic E-state index is 14.5. The highest BCUT2D eigenvalue weighted by Gasteiger charge is 2.38. The SMILES string of the molecule is CC[C@H](C)[C@H](N)C(=O)N[C@@H](CCC(=O)O)C(=O)N[C@@H](CCC(=O)O)C(=O)N[C@@H](CCC(=O)O)C(=O)N[C@@H](CC(N)=O)C(=O)N[C@@H](Cc1ccc(O)cc1)C(=O)N[C@@H](CC(=O)O)C(=O)N[C@@H](Cc1ccccc1)C(=O)N[C@H](C(=O)N[C@@H](Cc1ccc(O)cc1)C(=O)O)C(C)C. The van der Waals surface area contributed by atoms with Gasteiger partial charge >= 0.3 is 29.8 Å². The van der Waals surface area contributed by atoms with Gasteiger partial charge in [0.2, 0.25) is 59.1 Å². The predicted molar refractivity (Wildman–Crippen MR) is 328 cm³/mol. The number of nitrogens with one attached hydrogen (secondary N) is 9. The highest BCUT2D eigenvalue weighted by Crippen LogP contribution is 2.16. The number of phenolic OH excluding ortho intramolecular Hbond substituents is 2. The monoisotopic (exact) mass is 1320 g/mol. The molecule has 33 heteroatoms. The minimum Gasteiger partial charge on any atom is -0.508 e.